The number of halogens is 1. The van der Waals surface area contributed by atoms with Gasteiger partial charge in [-0.05, 0) is 36.5 Å². The standard InChI is InChI=1S/C16H33FO/c1-8-14(15(4,5)6)10-16(7,9-2)12-18-11-13(3)17/h13-14H,8-12H2,1-7H3. The SMILES string of the molecule is CCC(CC(C)(CC)COCC(C)F)C(C)(C)C. The summed E-state index contributed by atoms with van der Waals surface area (Å²) in [6.07, 6.45) is 2.57. The van der Waals surface area contributed by atoms with Crippen molar-refractivity contribution in [1.29, 1.82) is 0 Å². The fourth-order valence-corrected chi connectivity index (χ4v) is 2.43. The van der Waals surface area contributed by atoms with Gasteiger partial charge < -0.3 is 4.74 Å². The van der Waals surface area contributed by atoms with Gasteiger partial charge >= 0.3 is 0 Å². The van der Waals surface area contributed by atoms with Crippen LogP contribution in [0.2, 0.25) is 0 Å². The van der Waals surface area contributed by atoms with E-state index in [-0.39, 0.29) is 12.0 Å². The fraction of sp³-hybridized carbons (Fsp3) is 1.00. The lowest BCUT2D eigenvalue weighted by atomic mass is 9.69. The van der Waals surface area contributed by atoms with E-state index < -0.39 is 6.17 Å². The van der Waals surface area contributed by atoms with E-state index in [0.29, 0.717) is 17.9 Å². The van der Waals surface area contributed by atoms with Gasteiger partial charge in [-0.1, -0.05) is 48.0 Å². The molecule has 0 aromatic rings. The first-order valence-corrected chi connectivity index (χ1v) is 7.36. The molecule has 0 saturated carbocycles. The van der Waals surface area contributed by atoms with Gasteiger partial charge in [0.05, 0.1) is 13.2 Å². The minimum Gasteiger partial charge on any atom is -0.378 e. The Balaban J connectivity index is 4.44. The van der Waals surface area contributed by atoms with Crippen LogP contribution < -0.4 is 0 Å². The van der Waals surface area contributed by atoms with Gasteiger partial charge in [-0.2, -0.15) is 0 Å². The Morgan fingerprint density at radius 1 is 1.11 bits per heavy atom. The zero-order valence-corrected chi connectivity index (χ0v) is 13.5. The summed E-state index contributed by atoms with van der Waals surface area (Å²) in [5.74, 6) is 0.689. The highest BCUT2D eigenvalue weighted by molar-refractivity contribution is 4.82. The van der Waals surface area contributed by atoms with Crippen LogP contribution >= 0.6 is 0 Å². The zero-order chi connectivity index (χ0) is 14.4. The van der Waals surface area contributed by atoms with E-state index in [9.17, 15) is 4.39 Å². The van der Waals surface area contributed by atoms with E-state index in [4.69, 9.17) is 4.74 Å². The van der Waals surface area contributed by atoms with Gasteiger partial charge in [-0.3, -0.25) is 0 Å². The highest BCUT2D eigenvalue weighted by Crippen LogP contribution is 2.40. The largest absolute Gasteiger partial charge is 0.378 e. The van der Waals surface area contributed by atoms with Gasteiger partial charge in [-0.25, -0.2) is 4.39 Å². The lowest BCUT2D eigenvalue weighted by Crippen LogP contribution is -2.31. The summed E-state index contributed by atoms with van der Waals surface area (Å²) >= 11 is 0. The molecule has 2 heteroatoms. The van der Waals surface area contributed by atoms with Crippen molar-refractivity contribution in [2.75, 3.05) is 13.2 Å². The molecule has 0 aliphatic carbocycles. The van der Waals surface area contributed by atoms with Crippen molar-refractivity contribution in [2.24, 2.45) is 16.7 Å². The summed E-state index contributed by atoms with van der Waals surface area (Å²) in [6, 6.07) is 0. The van der Waals surface area contributed by atoms with Crippen LogP contribution in [0.1, 0.15) is 67.7 Å². The van der Waals surface area contributed by atoms with Gasteiger partial charge in [0, 0.05) is 0 Å². The molecule has 0 spiro atoms. The monoisotopic (exact) mass is 260 g/mol. The first-order chi connectivity index (χ1) is 8.14. The molecule has 3 unspecified atom stereocenters. The molecule has 1 nitrogen and oxygen atoms in total. The molecular weight excluding hydrogens is 227 g/mol. The molecule has 18 heavy (non-hydrogen) atoms. The molecular formula is C16H33FO. The van der Waals surface area contributed by atoms with Crippen LogP contribution in [0.4, 0.5) is 4.39 Å². The van der Waals surface area contributed by atoms with Crippen LogP contribution in [0, 0.1) is 16.7 Å². The summed E-state index contributed by atoms with van der Waals surface area (Å²) in [7, 11) is 0. The van der Waals surface area contributed by atoms with Crippen molar-refractivity contribution in [3.63, 3.8) is 0 Å². The van der Waals surface area contributed by atoms with Crippen LogP contribution in [0.15, 0.2) is 0 Å². The molecule has 0 bridgehead atoms. The summed E-state index contributed by atoms with van der Waals surface area (Å²) in [5.41, 5.74) is 0.501. The Kier molecular flexibility index (Phi) is 7.43. The van der Waals surface area contributed by atoms with Crippen LogP contribution in [0.3, 0.4) is 0 Å². The highest BCUT2D eigenvalue weighted by atomic mass is 19.1. The lowest BCUT2D eigenvalue weighted by Gasteiger charge is -2.38. The Hall–Kier alpha value is -0.110. The summed E-state index contributed by atoms with van der Waals surface area (Å²) in [4.78, 5) is 0. The molecule has 0 heterocycles. The van der Waals surface area contributed by atoms with Crippen LogP contribution in [0.25, 0.3) is 0 Å². The third kappa shape index (κ3) is 6.72. The topological polar surface area (TPSA) is 9.23 Å². The second-order valence-corrected chi connectivity index (χ2v) is 7.14. The maximum atomic E-state index is 12.8. The predicted octanol–water partition coefficient (Wildman–Crippen LogP) is 5.24. The first-order valence-electron chi connectivity index (χ1n) is 7.36. The molecule has 0 aliphatic rings. The maximum Gasteiger partial charge on any atom is 0.121 e. The minimum absolute atomic E-state index is 0.169. The van der Waals surface area contributed by atoms with Gasteiger partial charge in [0.1, 0.15) is 6.17 Å². The number of ether oxygens (including phenoxy) is 1. The number of hydrogen-bond acceptors (Lipinski definition) is 1. The van der Waals surface area contributed by atoms with Crippen molar-refractivity contribution >= 4 is 0 Å². The van der Waals surface area contributed by atoms with Crippen LogP contribution in [0.5, 0.6) is 0 Å². The average Bonchev–Trinajstić information content (AvgIpc) is 2.24. The zero-order valence-electron chi connectivity index (χ0n) is 13.5. The van der Waals surface area contributed by atoms with E-state index in [0.717, 1.165) is 12.8 Å². The Morgan fingerprint density at radius 3 is 2.00 bits per heavy atom. The van der Waals surface area contributed by atoms with Crippen molar-refractivity contribution < 1.29 is 9.13 Å². The summed E-state index contributed by atoms with van der Waals surface area (Å²) in [5, 5.41) is 0. The smallest absolute Gasteiger partial charge is 0.121 e. The summed E-state index contributed by atoms with van der Waals surface area (Å²) in [6.45, 7) is 16.1. The van der Waals surface area contributed by atoms with Crippen molar-refractivity contribution in [3.8, 4) is 0 Å². The molecule has 0 fully saturated rings. The molecule has 0 rings (SSSR count). The Morgan fingerprint density at radius 2 is 1.67 bits per heavy atom. The van der Waals surface area contributed by atoms with Crippen LogP contribution in [-0.2, 0) is 4.74 Å². The summed E-state index contributed by atoms with van der Waals surface area (Å²) < 4.78 is 18.3. The maximum absolute atomic E-state index is 12.8. The quantitative estimate of drug-likeness (QED) is 0.580. The highest BCUT2D eigenvalue weighted by Gasteiger charge is 2.32. The molecule has 0 aliphatic heterocycles. The molecule has 0 saturated heterocycles. The van der Waals surface area contributed by atoms with E-state index in [1.165, 1.54) is 6.42 Å². The third-order valence-corrected chi connectivity index (χ3v) is 4.11. The van der Waals surface area contributed by atoms with E-state index >= 15 is 0 Å². The second kappa shape index (κ2) is 7.47. The normalized spacial score (nSPS) is 19.3. The second-order valence-electron chi connectivity index (χ2n) is 7.14. The number of hydrogen-bond donors (Lipinski definition) is 0. The third-order valence-electron chi connectivity index (χ3n) is 4.11. The fourth-order valence-electron chi connectivity index (χ4n) is 2.43. The molecule has 3 atom stereocenters. The lowest BCUT2D eigenvalue weighted by molar-refractivity contribution is 0.00386. The van der Waals surface area contributed by atoms with Gasteiger partial charge in [-0.15, -0.1) is 0 Å². The van der Waals surface area contributed by atoms with Gasteiger partial charge in [0.2, 0.25) is 0 Å². The number of alkyl halides is 1. The van der Waals surface area contributed by atoms with Crippen molar-refractivity contribution in [1.82, 2.24) is 0 Å². The van der Waals surface area contributed by atoms with Crippen molar-refractivity contribution in [2.45, 2.75) is 73.9 Å². The Labute approximate surface area is 113 Å². The average molecular weight is 260 g/mol. The number of rotatable bonds is 8. The van der Waals surface area contributed by atoms with Gasteiger partial charge in [0.15, 0.2) is 0 Å². The molecule has 0 amide bonds. The van der Waals surface area contributed by atoms with Crippen LogP contribution in [-0.4, -0.2) is 19.4 Å². The van der Waals surface area contributed by atoms with E-state index in [2.05, 4.69) is 41.5 Å². The van der Waals surface area contributed by atoms with E-state index in [1.54, 1.807) is 6.92 Å². The molecule has 0 aromatic heterocycles. The Bertz CT molecular complexity index is 220. The van der Waals surface area contributed by atoms with E-state index in [1.807, 2.05) is 0 Å². The molecule has 0 N–H and O–H groups in total. The predicted molar refractivity (Wildman–Crippen MR) is 77.6 cm³/mol. The molecule has 0 radical (unpaired) electrons. The molecule has 0 aromatic carbocycles. The first kappa shape index (κ1) is 17.9. The minimum atomic E-state index is -0.865. The molecule has 110 valence electrons. The van der Waals surface area contributed by atoms with Crippen molar-refractivity contribution in [3.05, 3.63) is 0 Å². The van der Waals surface area contributed by atoms with Gasteiger partial charge in [0.25, 0.3) is 0 Å².